The summed E-state index contributed by atoms with van der Waals surface area (Å²) in [4.78, 5) is 19.1. The van der Waals surface area contributed by atoms with E-state index < -0.39 is 0 Å². The number of hydrogen-bond donors (Lipinski definition) is 2. The molecule has 0 atom stereocenters. The second-order valence-corrected chi connectivity index (χ2v) is 6.56. The van der Waals surface area contributed by atoms with Gasteiger partial charge in [0.05, 0.1) is 22.1 Å². The Balaban J connectivity index is 2.05. The Morgan fingerprint density at radius 3 is 2.90 bits per heavy atom. The molecule has 0 saturated heterocycles. The summed E-state index contributed by atoms with van der Waals surface area (Å²) in [5, 5.41) is 12.1. The number of aliphatic hydroxyl groups excluding tert-OH is 1. The van der Waals surface area contributed by atoms with Crippen LogP contribution in [0.15, 0.2) is 12.1 Å². The van der Waals surface area contributed by atoms with Gasteiger partial charge in [-0.1, -0.05) is 18.8 Å². The highest BCUT2D eigenvalue weighted by Crippen LogP contribution is 2.24. The Morgan fingerprint density at radius 1 is 1.43 bits per heavy atom. The molecule has 4 nitrogen and oxygen atoms in total. The molecule has 0 radical (unpaired) electrons. The van der Waals surface area contributed by atoms with Crippen LogP contribution in [0.25, 0.3) is 0 Å². The fraction of sp³-hybridized carbons (Fsp3) is 0.333. The van der Waals surface area contributed by atoms with Crippen molar-refractivity contribution >= 4 is 33.7 Å². The number of nitrogens with one attached hydrogen (secondary N) is 1. The number of carbonyl (C=O) groups is 1. The number of aliphatic hydroxyl groups is 1. The maximum absolute atomic E-state index is 12.1. The Labute approximate surface area is 131 Å². The van der Waals surface area contributed by atoms with Crippen molar-refractivity contribution in [2.24, 2.45) is 0 Å². The number of carbonyl (C=O) groups excluding carboxylic acids is 1. The van der Waals surface area contributed by atoms with Gasteiger partial charge in [0.25, 0.3) is 5.91 Å². The zero-order valence-corrected chi connectivity index (χ0v) is 13.5. The average Bonchev–Trinajstić information content (AvgIpc) is 3.06. The fourth-order valence-corrected chi connectivity index (χ4v) is 3.37. The zero-order valence-electron chi connectivity index (χ0n) is 11.9. The van der Waals surface area contributed by atoms with E-state index in [1.54, 1.807) is 6.07 Å². The molecule has 2 aromatic rings. The number of hydrogen-bond acceptors (Lipinski definition) is 5. The van der Waals surface area contributed by atoms with Crippen LogP contribution >= 0.6 is 22.7 Å². The summed E-state index contributed by atoms with van der Waals surface area (Å²) in [6.07, 6.45) is 1.30. The Hall–Kier alpha value is -1.68. The van der Waals surface area contributed by atoms with Gasteiger partial charge in [0, 0.05) is 11.3 Å². The molecule has 110 valence electrons. The second-order valence-electron chi connectivity index (χ2n) is 4.27. The lowest BCUT2D eigenvalue weighted by atomic mass is 10.3. The largest absolute Gasteiger partial charge is 0.395 e. The molecule has 0 bridgehead atoms. The first-order valence-electron chi connectivity index (χ1n) is 6.61. The molecule has 0 aliphatic rings. The standard InChI is InChI=1S/C15H16N2O2S2/c1-3-12-10(2)20-15(16-12)17-14(19)13-8-7-11(21-13)6-4-5-9-18/h7-8,18H,3,5,9H2,1-2H3,(H,16,17,19). The smallest absolute Gasteiger partial charge is 0.267 e. The first-order valence-corrected chi connectivity index (χ1v) is 8.24. The van der Waals surface area contributed by atoms with E-state index in [9.17, 15) is 4.79 Å². The lowest BCUT2D eigenvalue weighted by Crippen LogP contribution is -2.09. The number of nitrogens with zero attached hydrogens (tertiary/aromatic N) is 1. The summed E-state index contributed by atoms with van der Waals surface area (Å²) >= 11 is 2.83. The molecular weight excluding hydrogens is 304 g/mol. The third-order valence-corrected chi connectivity index (χ3v) is 4.65. The van der Waals surface area contributed by atoms with Gasteiger partial charge in [-0.05, 0) is 25.5 Å². The van der Waals surface area contributed by atoms with Gasteiger partial charge in [0.1, 0.15) is 0 Å². The molecule has 2 rings (SSSR count). The maximum Gasteiger partial charge on any atom is 0.267 e. The van der Waals surface area contributed by atoms with Gasteiger partial charge in [-0.2, -0.15) is 0 Å². The molecule has 21 heavy (non-hydrogen) atoms. The summed E-state index contributed by atoms with van der Waals surface area (Å²) in [5.41, 5.74) is 1.03. The van der Waals surface area contributed by atoms with Crippen molar-refractivity contribution in [2.45, 2.75) is 26.7 Å². The van der Waals surface area contributed by atoms with Crippen LogP contribution < -0.4 is 5.32 Å². The molecule has 2 aromatic heterocycles. The summed E-state index contributed by atoms with van der Waals surface area (Å²) in [7, 11) is 0. The first-order chi connectivity index (χ1) is 10.1. The Morgan fingerprint density at radius 2 is 2.24 bits per heavy atom. The number of aryl methyl sites for hydroxylation is 2. The highest BCUT2D eigenvalue weighted by atomic mass is 32.1. The summed E-state index contributed by atoms with van der Waals surface area (Å²) in [6, 6.07) is 3.57. The minimum absolute atomic E-state index is 0.0505. The lowest BCUT2D eigenvalue weighted by molar-refractivity contribution is 0.103. The highest BCUT2D eigenvalue weighted by Gasteiger charge is 2.12. The molecular formula is C15H16N2O2S2. The van der Waals surface area contributed by atoms with E-state index in [1.807, 2.05) is 19.9 Å². The van der Waals surface area contributed by atoms with Gasteiger partial charge in [0.15, 0.2) is 5.13 Å². The van der Waals surface area contributed by atoms with Gasteiger partial charge in [0.2, 0.25) is 0 Å². The molecule has 0 aliphatic heterocycles. The van der Waals surface area contributed by atoms with E-state index in [0.717, 1.165) is 21.9 Å². The van der Waals surface area contributed by atoms with Crippen molar-refractivity contribution in [3.63, 3.8) is 0 Å². The van der Waals surface area contributed by atoms with E-state index >= 15 is 0 Å². The third kappa shape index (κ3) is 4.14. The minimum Gasteiger partial charge on any atom is -0.395 e. The third-order valence-electron chi connectivity index (χ3n) is 2.73. The molecule has 0 saturated carbocycles. The topological polar surface area (TPSA) is 62.2 Å². The molecule has 6 heteroatoms. The molecule has 0 spiro atoms. The Kier molecular flexibility index (Phi) is 5.51. The lowest BCUT2D eigenvalue weighted by Gasteiger charge is -1.97. The molecule has 2 heterocycles. The van der Waals surface area contributed by atoms with Gasteiger partial charge in [-0.3, -0.25) is 10.1 Å². The van der Waals surface area contributed by atoms with Crippen LogP contribution in [-0.2, 0) is 6.42 Å². The minimum atomic E-state index is -0.161. The van der Waals surface area contributed by atoms with Crippen molar-refractivity contribution < 1.29 is 9.90 Å². The molecule has 0 aromatic carbocycles. The first kappa shape index (κ1) is 15.7. The van der Waals surface area contributed by atoms with Gasteiger partial charge >= 0.3 is 0 Å². The number of amides is 1. The predicted molar refractivity (Wildman–Crippen MR) is 87.1 cm³/mol. The SMILES string of the molecule is CCc1nc(NC(=O)c2ccc(C#CCCO)s2)sc1C. The summed E-state index contributed by atoms with van der Waals surface area (Å²) in [6.45, 7) is 4.10. The van der Waals surface area contributed by atoms with Crippen LogP contribution in [0.4, 0.5) is 5.13 Å². The van der Waals surface area contributed by atoms with Crippen LogP contribution in [0.1, 0.15) is 38.5 Å². The van der Waals surface area contributed by atoms with Crippen LogP contribution in [0.5, 0.6) is 0 Å². The van der Waals surface area contributed by atoms with Crippen LogP contribution in [-0.4, -0.2) is 22.6 Å². The van der Waals surface area contributed by atoms with E-state index in [-0.39, 0.29) is 12.5 Å². The summed E-state index contributed by atoms with van der Waals surface area (Å²) < 4.78 is 0. The zero-order chi connectivity index (χ0) is 15.2. The number of anilines is 1. The van der Waals surface area contributed by atoms with E-state index in [0.29, 0.717) is 16.4 Å². The normalized spacial score (nSPS) is 10.0. The number of thiazole rings is 1. The molecule has 1 amide bonds. The molecule has 0 fully saturated rings. The average molecular weight is 320 g/mol. The van der Waals surface area contributed by atoms with Gasteiger partial charge < -0.3 is 5.11 Å². The van der Waals surface area contributed by atoms with Crippen molar-refractivity contribution in [1.82, 2.24) is 4.98 Å². The molecule has 0 aliphatic carbocycles. The number of rotatable bonds is 4. The summed E-state index contributed by atoms with van der Waals surface area (Å²) in [5.74, 6) is 5.60. The predicted octanol–water partition coefficient (Wildman–Crippen LogP) is 3.06. The van der Waals surface area contributed by atoms with Crippen LogP contribution in [0, 0.1) is 18.8 Å². The Bertz CT molecular complexity index is 692. The maximum atomic E-state index is 12.1. The van der Waals surface area contributed by atoms with E-state index in [1.165, 1.54) is 22.7 Å². The van der Waals surface area contributed by atoms with Crippen molar-refractivity contribution in [1.29, 1.82) is 0 Å². The van der Waals surface area contributed by atoms with Gasteiger partial charge in [-0.25, -0.2) is 4.98 Å². The van der Waals surface area contributed by atoms with Crippen molar-refractivity contribution in [2.75, 3.05) is 11.9 Å². The molecule has 0 unspecified atom stereocenters. The number of aromatic nitrogens is 1. The van der Waals surface area contributed by atoms with E-state index in [2.05, 4.69) is 22.1 Å². The van der Waals surface area contributed by atoms with Crippen molar-refractivity contribution in [3.05, 3.63) is 32.5 Å². The van der Waals surface area contributed by atoms with Crippen molar-refractivity contribution in [3.8, 4) is 11.8 Å². The monoisotopic (exact) mass is 320 g/mol. The fourth-order valence-electron chi connectivity index (χ4n) is 1.70. The number of thiophene rings is 1. The van der Waals surface area contributed by atoms with E-state index in [4.69, 9.17) is 5.11 Å². The van der Waals surface area contributed by atoms with Crippen LogP contribution in [0.2, 0.25) is 0 Å². The van der Waals surface area contributed by atoms with Crippen LogP contribution in [0.3, 0.4) is 0 Å². The van der Waals surface area contributed by atoms with Gasteiger partial charge in [-0.15, -0.1) is 22.7 Å². The highest BCUT2D eigenvalue weighted by molar-refractivity contribution is 7.16. The molecule has 2 N–H and O–H groups in total. The quantitative estimate of drug-likeness (QED) is 0.851. The second kappa shape index (κ2) is 7.36.